The third-order valence-corrected chi connectivity index (χ3v) is 3.25. The van der Waals surface area contributed by atoms with Crippen LogP contribution in [0.2, 0.25) is 5.02 Å². The van der Waals surface area contributed by atoms with Crippen LogP contribution >= 0.6 is 23.8 Å². The molecule has 0 amide bonds. The lowest BCUT2D eigenvalue weighted by molar-refractivity contribution is 0.167. The van der Waals surface area contributed by atoms with Gasteiger partial charge in [0.2, 0.25) is 0 Å². The first-order chi connectivity index (χ1) is 8.16. The molecule has 1 aliphatic heterocycles. The highest BCUT2D eigenvalue weighted by Gasteiger charge is 2.16. The zero-order valence-electron chi connectivity index (χ0n) is 9.32. The maximum atomic E-state index is 6.05. The molecule has 92 valence electrons. The number of thiocarbonyl (C=S) groups is 1. The van der Waals surface area contributed by atoms with E-state index < -0.39 is 0 Å². The molecule has 0 saturated carbocycles. The lowest BCUT2D eigenvalue weighted by Gasteiger charge is -2.11. The second-order valence-corrected chi connectivity index (χ2v) is 4.89. The standard InChI is InChI=1S/C12H14ClNO2S/c13-11-5-9(1-2-10(11)12(14)17)16-7-8-3-4-15-6-8/h1-2,5,8H,3-4,6-7H2,(H2,14,17). The van der Waals surface area contributed by atoms with Crippen molar-refractivity contribution in [3.05, 3.63) is 28.8 Å². The maximum Gasteiger partial charge on any atom is 0.120 e. The average Bonchev–Trinajstić information content (AvgIpc) is 2.78. The summed E-state index contributed by atoms with van der Waals surface area (Å²) in [5.41, 5.74) is 6.21. The van der Waals surface area contributed by atoms with E-state index in [4.69, 9.17) is 39.0 Å². The van der Waals surface area contributed by atoms with Crippen LogP contribution in [0.3, 0.4) is 0 Å². The zero-order chi connectivity index (χ0) is 12.3. The molecule has 1 fully saturated rings. The third kappa shape index (κ3) is 3.31. The van der Waals surface area contributed by atoms with Gasteiger partial charge in [0.25, 0.3) is 0 Å². The Balaban J connectivity index is 1.97. The molecule has 3 nitrogen and oxygen atoms in total. The van der Waals surface area contributed by atoms with E-state index in [1.54, 1.807) is 12.1 Å². The summed E-state index contributed by atoms with van der Waals surface area (Å²) < 4.78 is 10.9. The summed E-state index contributed by atoms with van der Waals surface area (Å²) in [7, 11) is 0. The van der Waals surface area contributed by atoms with Crippen molar-refractivity contribution in [1.29, 1.82) is 0 Å². The third-order valence-electron chi connectivity index (χ3n) is 2.72. The van der Waals surface area contributed by atoms with E-state index in [-0.39, 0.29) is 0 Å². The van der Waals surface area contributed by atoms with E-state index >= 15 is 0 Å². The van der Waals surface area contributed by atoms with Crippen LogP contribution in [0.1, 0.15) is 12.0 Å². The van der Waals surface area contributed by atoms with E-state index in [1.165, 1.54) is 0 Å². The van der Waals surface area contributed by atoms with Gasteiger partial charge in [-0.1, -0.05) is 23.8 Å². The summed E-state index contributed by atoms with van der Waals surface area (Å²) in [6.07, 6.45) is 1.05. The lowest BCUT2D eigenvalue weighted by atomic mass is 10.1. The Bertz CT molecular complexity index is 419. The Morgan fingerprint density at radius 2 is 2.41 bits per heavy atom. The molecule has 17 heavy (non-hydrogen) atoms. The van der Waals surface area contributed by atoms with Crippen molar-refractivity contribution >= 4 is 28.8 Å². The molecule has 1 aliphatic rings. The van der Waals surface area contributed by atoms with Gasteiger partial charge in [0.05, 0.1) is 18.2 Å². The largest absolute Gasteiger partial charge is 0.493 e. The van der Waals surface area contributed by atoms with Crippen molar-refractivity contribution in [2.45, 2.75) is 6.42 Å². The minimum absolute atomic E-state index is 0.297. The van der Waals surface area contributed by atoms with Crippen molar-refractivity contribution in [2.75, 3.05) is 19.8 Å². The molecule has 0 radical (unpaired) electrons. The van der Waals surface area contributed by atoms with Crippen LogP contribution in [0.4, 0.5) is 0 Å². The molecular formula is C12H14ClNO2S. The van der Waals surface area contributed by atoms with Crippen molar-refractivity contribution in [2.24, 2.45) is 11.7 Å². The number of halogens is 1. The predicted molar refractivity (Wildman–Crippen MR) is 71.8 cm³/mol. The molecule has 0 spiro atoms. The monoisotopic (exact) mass is 271 g/mol. The molecule has 1 aromatic carbocycles. The number of hydrogen-bond acceptors (Lipinski definition) is 3. The minimum Gasteiger partial charge on any atom is -0.493 e. The van der Waals surface area contributed by atoms with Crippen molar-refractivity contribution in [3.8, 4) is 5.75 Å². The number of benzene rings is 1. The summed E-state index contributed by atoms with van der Waals surface area (Å²) in [4.78, 5) is 0.297. The topological polar surface area (TPSA) is 44.5 Å². The molecule has 2 N–H and O–H groups in total. The second-order valence-electron chi connectivity index (χ2n) is 4.05. The fourth-order valence-electron chi connectivity index (χ4n) is 1.71. The van der Waals surface area contributed by atoms with Gasteiger partial charge in [0.15, 0.2) is 0 Å². The van der Waals surface area contributed by atoms with Gasteiger partial charge in [-0.2, -0.15) is 0 Å². The van der Waals surface area contributed by atoms with Crippen LogP contribution in [-0.4, -0.2) is 24.8 Å². The fraction of sp³-hybridized carbons (Fsp3) is 0.417. The first-order valence-corrected chi connectivity index (χ1v) is 6.25. The minimum atomic E-state index is 0.297. The van der Waals surface area contributed by atoms with Gasteiger partial charge in [-0.15, -0.1) is 0 Å². The fourth-order valence-corrected chi connectivity index (χ4v) is 2.22. The van der Waals surface area contributed by atoms with Gasteiger partial charge in [-0.05, 0) is 24.6 Å². The van der Waals surface area contributed by atoms with Crippen molar-refractivity contribution in [1.82, 2.24) is 0 Å². The first kappa shape index (κ1) is 12.6. The van der Waals surface area contributed by atoms with Crippen molar-refractivity contribution in [3.63, 3.8) is 0 Å². The normalized spacial score (nSPS) is 19.2. The Hall–Kier alpha value is -0.840. The Labute approximate surface area is 111 Å². The molecule has 1 atom stereocenters. The molecule has 1 aromatic rings. The van der Waals surface area contributed by atoms with Gasteiger partial charge >= 0.3 is 0 Å². The number of rotatable bonds is 4. The summed E-state index contributed by atoms with van der Waals surface area (Å²) in [6.45, 7) is 2.26. The highest BCUT2D eigenvalue weighted by molar-refractivity contribution is 7.80. The predicted octanol–water partition coefficient (Wildman–Crippen LogP) is 2.39. The second kappa shape index (κ2) is 5.67. The summed E-state index contributed by atoms with van der Waals surface area (Å²) in [5, 5.41) is 0.526. The van der Waals surface area contributed by atoms with Gasteiger partial charge in [0.1, 0.15) is 10.7 Å². The Morgan fingerprint density at radius 1 is 1.59 bits per heavy atom. The molecule has 5 heteroatoms. The number of ether oxygens (including phenoxy) is 2. The molecule has 1 heterocycles. The highest BCUT2D eigenvalue weighted by atomic mass is 35.5. The summed E-state index contributed by atoms with van der Waals surface area (Å²) >= 11 is 10.9. The van der Waals surface area contributed by atoms with E-state index in [0.29, 0.717) is 28.1 Å². The lowest BCUT2D eigenvalue weighted by Crippen LogP contribution is -2.12. The number of nitrogens with two attached hydrogens (primary N) is 1. The van der Waals surface area contributed by atoms with Crippen LogP contribution in [0.15, 0.2) is 18.2 Å². The van der Waals surface area contributed by atoms with E-state index in [0.717, 1.165) is 25.4 Å². The van der Waals surface area contributed by atoms with Crippen LogP contribution in [0.25, 0.3) is 0 Å². The molecule has 1 saturated heterocycles. The van der Waals surface area contributed by atoms with Gasteiger partial charge in [0, 0.05) is 18.1 Å². The van der Waals surface area contributed by atoms with E-state index in [1.807, 2.05) is 6.07 Å². The van der Waals surface area contributed by atoms with Gasteiger partial charge in [-0.3, -0.25) is 0 Å². The molecular weight excluding hydrogens is 258 g/mol. The SMILES string of the molecule is NC(=S)c1ccc(OCC2CCOC2)cc1Cl. The van der Waals surface area contributed by atoms with Crippen LogP contribution in [0.5, 0.6) is 5.75 Å². The van der Waals surface area contributed by atoms with Gasteiger partial charge < -0.3 is 15.2 Å². The zero-order valence-corrected chi connectivity index (χ0v) is 10.9. The van der Waals surface area contributed by atoms with Crippen LogP contribution in [-0.2, 0) is 4.74 Å². The smallest absolute Gasteiger partial charge is 0.120 e. The van der Waals surface area contributed by atoms with Crippen LogP contribution in [0, 0.1) is 5.92 Å². The first-order valence-electron chi connectivity index (χ1n) is 5.46. The maximum absolute atomic E-state index is 6.05. The molecule has 0 aromatic heterocycles. The Kier molecular flexibility index (Phi) is 4.20. The molecule has 0 aliphatic carbocycles. The molecule has 2 rings (SSSR count). The number of hydrogen-bond donors (Lipinski definition) is 1. The quantitative estimate of drug-likeness (QED) is 0.854. The highest BCUT2D eigenvalue weighted by Crippen LogP contribution is 2.23. The van der Waals surface area contributed by atoms with Crippen LogP contribution < -0.4 is 10.5 Å². The molecule has 0 bridgehead atoms. The summed E-state index contributed by atoms with van der Waals surface area (Å²) in [5.74, 6) is 1.21. The van der Waals surface area contributed by atoms with Gasteiger partial charge in [-0.25, -0.2) is 0 Å². The average molecular weight is 272 g/mol. The summed E-state index contributed by atoms with van der Waals surface area (Å²) in [6, 6.07) is 5.35. The van der Waals surface area contributed by atoms with E-state index in [2.05, 4.69) is 0 Å². The molecule has 1 unspecified atom stereocenters. The van der Waals surface area contributed by atoms with Crippen molar-refractivity contribution < 1.29 is 9.47 Å². The Morgan fingerprint density at radius 3 is 3.00 bits per heavy atom. The van der Waals surface area contributed by atoms with E-state index in [9.17, 15) is 0 Å².